The van der Waals surface area contributed by atoms with E-state index in [-0.39, 0.29) is 17.2 Å². The standard InChI is InChI=1S/C20H25N3O/c1-23(2)13-16-21-18-15-9-5-4-8-14(15)12-20(10-6-3-7-11-20)17(18)19(24)22-16/h4-5,8-9,17H,3,6-7,10-13H2,1-2H3. The molecule has 0 aromatic heterocycles. The molecular weight excluding hydrogens is 298 g/mol. The molecule has 3 aliphatic rings. The Morgan fingerprint density at radius 2 is 1.88 bits per heavy atom. The second-order valence-electron chi connectivity index (χ2n) is 7.79. The normalized spacial score (nSPS) is 25.1. The van der Waals surface area contributed by atoms with E-state index in [1.54, 1.807) is 0 Å². The van der Waals surface area contributed by atoms with Crippen LogP contribution in [-0.4, -0.2) is 43.0 Å². The van der Waals surface area contributed by atoms with E-state index in [0.29, 0.717) is 12.4 Å². The molecule has 1 amide bonds. The first-order valence-electron chi connectivity index (χ1n) is 9.02. The van der Waals surface area contributed by atoms with E-state index in [0.717, 1.165) is 25.0 Å². The lowest BCUT2D eigenvalue weighted by Gasteiger charge is -2.47. The maximum atomic E-state index is 13.0. The number of nitrogens with zero attached hydrogens (tertiary/aromatic N) is 3. The van der Waals surface area contributed by atoms with E-state index < -0.39 is 0 Å². The lowest BCUT2D eigenvalue weighted by molar-refractivity contribution is -0.124. The number of aliphatic imine (C=N–C) groups is 2. The highest BCUT2D eigenvalue weighted by molar-refractivity contribution is 6.23. The Balaban J connectivity index is 1.84. The van der Waals surface area contributed by atoms with Crippen molar-refractivity contribution in [1.29, 1.82) is 0 Å². The highest BCUT2D eigenvalue weighted by Gasteiger charge is 2.51. The molecule has 4 nitrogen and oxygen atoms in total. The molecule has 0 radical (unpaired) electrons. The molecule has 1 aliphatic heterocycles. The van der Waals surface area contributed by atoms with Crippen molar-refractivity contribution in [2.75, 3.05) is 20.6 Å². The van der Waals surface area contributed by atoms with E-state index in [1.165, 1.54) is 30.4 Å². The van der Waals surface area contributed by atoms with Gasteiger partial charge in [0.05, 0.1) is 18.2 Å². The van der Waals surface area contributed by atoms with Gasteiger partial charge in [0.1, 0.15) is 5.84 Å². The minimum Gasteiger partial charge on any atom is -0.302 e. The Hall–Kier alpha value is -1.81. The van der Waals surface area contributed by atoms with E-state index in [4.69, 9.17) is 4.99 Å². The number of benzene rings is 1. The van der Waals surface area contributed by atoms with Gasteiger partial charge >= 0.3 is 0 Å². The van der Waals surface area contributed by atoms with Crippen molar-refractivity contribution < 1.29 is 4.79 Å². The molecule has 126 valence electrons. The minimum absolute atomic E-state index is 0.0354. The van der Waals surface area contributed by atoms with Crippen LogP contribution < -0.4 is 0 Å². The zero-order valence-corrected chi connectivity index (χ0v) is 14.6. The van der Waals surface area contributed by atoms with Crippen LogP contribution in [0.1, 0.15) is 43.2 Å². The third-order valence-corrected chi connectivity index (χ3v) is 5.76. The number of hydrogen-bond acceptors (Lipinski definition) is 3. The SMILES string of the molecule is CN(C)CC1=NC(=O)C2C(=N1)c1ccccc1CC21CCCCC1. The molecule has 4 heteroatoms. The fraction of sp³-hybridized carbons (Fsp3) is 0.550. The summed E-state index contributed by atoms with van der Waals surface area (Å²) in [6.07, 6.45) is 6.95. The number of amidine groups is 1. The molecule has 0 N–H and O–H groups in total. The summed E-state index contributed by atoms with van der Waals surface area (Å²) in [6, 6.07) is 8.50. The first kappa shape index (κ1) is 15.7. The zero-order valence-electron chi connectivity index (χ0n) is 14.6. The average Bonchev–Trinajstić information content (AvgIpc) is 2.54. The minimum atomic E-state index is -0.140. The van der Waals surface area contributed by atoms with E-state index in [1.807, 2.05) is 19.0 Å². The van der Waals surface area contributed by atoms with Crippen LogP contribution in [-0.2, 0) is 11.2 Å². The van der Waals surface area contributed by atoms with Crippen molar-refractivity contribution in [2.24, 2.45) is 21.3 Å². The monoisotopic (exact) mass is 323 g/mol. The molecule has 1 saturated carbocycles. The third-order valence-electron chi connectivity index (χ3n) is 5.76. The van der Waals surface area contributed by atoms with Crippen LogP contribution in [0.5, 0.6) is 0 Å². The van der Waals surface area contributed by atoms with E-state index >= 15 is 0 Å². The first-order valence-corrected chi connectivity index (χ1v) is 9.02. The van der Waals surface area contributed by atoms with Crippen LogP contribution in [0.15, 0.2) is 34.3 Å². The van der Waals surface area contributed by atoms with Crippen molar-refractivity contribution in [1.82, 2.24) is 4.90 Å². The smallest absolute Gasteiger partial charge is 0.257 e. The van der Waals surface area contributed by atoms with Gasteiger partial charge in [0.15, 0.2) is 0 Å². The largest absolute Gasteiger partial charge is 0.302 e. The topological polar surface area (TPSA) is 45.0 Å². The second kappa shape index (κ2) is 5.92. The van der Waals surface area contributed by atoms with Crippen molar-refractivity contribution in [3.05, 3.63) is 35.4 Å². The molecule has 2 aliphatic carbocycles. The van der Waals surface area contributed by atoms with Crippen molar-refractivity contribution in [3.63, 3.8) is 0 Å². The maximum absolute atomic E-state index is 13.0. The molecule has 24 heavy (non-hydrogen) atoms. The van der Waals surface area contributed by atoms with Crippen LogP contribution in [0.25, 0.3) is 0 Å². The number of amides is 1. The van der Waals surface area contributed by atoms with Gasteiger partial charge in [0.25, 0.3) is 5.91 Å². The molecule has 4 rings (SSSR count). The van der Waals surface area contributed by atoms with E-state index in [2.05, 4.69) is 29.3 Å². The highest BCUT2D eigenvalue weighted by atomic mass is 16.1. The predicted molar refractivity (Wildman–Crippen MR) is 96.7 cm³/mol. The molecule has 1 spiro atoms. The fourth-order valence-corrected chi connectivity index (χ4v) is 4.79. The Morgan fingerprint density at radius 1 is 1.12 bits per heavy atom. The van der Waals surface area contributed by atoms with Gasteiger partial charge in [-0.2, -0.15) is 4.99 Å². The average molecular weight is 323 g/mol. The summed E-state index contributed by atoms with van der Waals surface area (Å²) in [5.41, 5.74) is 3.54. The number of hydrogen-bond donors (Lipinski definition) is 0. The molecule has 0 saturated heterocycles. The summed E-state index contributed by atoms with van der Waals surface area (Å²) < 4.78 is 0. The van der Waals surface area contributed by atoms with Gasteiger partial charge in [-0.15, -0.1) is 0 Å². The lowest BCUT2D eigenvalue weighted by Crippen LogP contribution is -2.49. The Kier molecular flexibility index (Phi) is 3.87. The van der Waals surface area contributed by atoms with Crippen LogP contribution >= 0.6 is 0 Å². The van der Waals surface area contributed by atoms with Crippen LogP contribution in [0.4, 0.5) is 0 Å². The molecule has 1 unspecified atom stereocenters. The summed E-state index contributed by atoms with van der Waals surface area (Å²) in [5, 5.41) is 0. The predicted octanol–water partition coefficient (Wildman–Crippen LogP) is 3.10. The zero-order chi connectivity index (χ0) is 16.7. The fourth-order valence-electron chi connectivity index (χ4n) is 4.79. The summed E-state index contributed by atoms with van der Waals surface area (Å²) >= 11 is 0. The molecule has 0 bridgehead atoms. The summed E-state index contributed by atoms with van der Waals surface area (Å²) in [4.78, 5) is 24.3. The lowest BCUT2D eigenvalue weighted by atomic mass is 9.57. The Labute approximate surface area is 143 Å². The molecule has 1 atom stereocenters. The first-order chi connectivity index (χ1) is 11.6. The van der Waals surface area contributed by atoms with Gasteiger partial charge in [-0.25, -0.2) is 4.99 Å². The highest BCUT2D eigenvalue weighted by Crippen LogP contribution is 2.51. The summed E-state index contributed by atoms with van der Waals surface area (Å²) in [6.45, 7) is 0.608. The molecule has 1 aromatic rings. The summed E-state index contributed by atoms with van der Waals surface area (Å²) in [5.74, 6) is 0.547. The number of carbonyl (C=O) groups is 1. The van der Waals surface area contributed by atoms with E-state index in [9.17, 15) is 4.79 Å². The number of fused-ring (bicyclic) bond motifs is 4. The van der Waals surface area contributed by atoms with Gasteiger partial charge < -0.3 is 4.90 Å². The van der Waals surface area contributed by atoms with Gasteiger partial charge in [0, 0.05) is 5.56 Å². The van der Waals surface area contributed by atoms with Crippen LogP contribution in [0.3, 0.4) is 0 Å². The maximum Gasteiger partial charge on any atom is 0.257 e. The Morgan fingerprint density at radius 3 is 2.62 bits per heavy atom. The number of carbonyl (C=O) groups excluding carboxylic acids is 1. The Bertz CT molecular complexity index is 726. The van der Waals surface area contributed by atoms with Crippen LogP contribution in [0.2, 0.25) is 0 Å². The number of rotatable bonds is 2. The van der Waals surface area contributed by atoms with Crippen molar-refractivity contribution >= 4 is 17.5 Å². The van der Waals surface area contributed by atoms with Crippen molar-refractivity contribution in [2.45, 2.75) is 38.5 Å². The van der Waals surface area contributed by atoms with Crippen LogP contribution in [0, 0.1) is 11.3 Å². The van der Waals surface area contributed by atoms with Crippen molar-refractivity contribution in [3.8, 4) is 0 Å². The van der Waals surface area contributed by atoms with Gasteiger partial charge in [-0.3, -0.25) is 4.79 Å². The molecule has 1 aromatic carbocycles. The molecule has 1 heterocycles. The third kappa shape index (κ3) is 2.53. The van der Waals surface area contributed by atoms with Gasteiger partial charge in [-0.05, 0) is 44.3 Å². The summed E-state index contributed by atoms with van der Waals surface area (Å²) in [7, 11) is 3.97. The molecule has 1 fully saturated rings. The van der Waals surface area contributed by atoms with Gasteiger partial charge in [-0.1, -0.05) is 43.5 Å². The second-order valence-corrected chi connectivity index (χ2v) is 7.79. The molecular formula is C20H25N3O. The quantitative estimate of drug-likeness (QED) is 0.839. The van der Waals surface area contributed by atoms with Gasteiger partial charge in [0.2, 0.25) is 0 Å². The number of likely N-dealkylation sites (N-methyl/N-ethyl adjacent to an activating group) is 1.